The summed E-state index contributed by atoms with van der Waals surface area (Å²) in [6.45, 7) is 0.334. The molecule has 0 aliphatic rings. The van der Waals surface area contributed by atoms with E-state index in [0.717, 1.165) is 23.9 Å². The van der Waals surface area contributed by atoms with Gasteiger partial charge in [-0.15, -0.1) is 0 Å². The Balaban J connectivity index is 1.76. The second kappa shape index (κ2) is 9.00. The number of halogens is 2. The molecule has 0 aliphatic carbocycles. The first-order chi connectivity index (χ1) is 12.0. The van der Waals surface area contributed by atoms with Crippen molar-refractivity contribution in [3.8, 4) is 5.75 Å². The monoisotopic (exact) mass is 368 g/mol. The van der Waals surface area contributed by atoms with Gasteiger partial charge in [0.25, 0.3) is 5.91 Å². The molecule has 2 rings (SSSR count). The van der Waals surface area contributed by atoms with Crippen molar-refractivity contribution < 1.29 is 28.3 Å². The third-order valence-corrected chi connectivity index (χ3v) is 3.75. The molecule has 2 amide bonds. The molecular weight excluding hydrogens is 354 g/mol. The number of rotatable bonds is 6. The van der Waals surface area contributed by atoms with Gasteiger partial charge in [-0.2, -0.15) is 0 Å². The third kappa shape index (κ3) is 5.73. The van der Waals surface area contributed by atoms with E-state index in [1.165, 1.54) is 11.5 Å². The molecule has 0 heterocycles. The number of hydrogen-bond acceptors (Lipinski definition) is 5. The topological polar surface area (TPSA) is 87.7 Å². The fraction of sp³-hybridized carbons (Fsp3) is 0.125. The summed E-state index contributed by atoms with van der Waals surface area (Å²) in [6, 6.07) is 9.42. The van der Waals surface area contributed by atoms with Crippen LogP contribution >= 0.6 is 11.8 Å². The van der Waals surface area contributed by atoms with Crippen molar-refractivity contribution in [2.75, 3.05) is 13.2 Å². The average Bonchev–Trinajstić information content (AvgIpc) is 2.62. The van der Waals surface area contributed by atoms with Crippen LogP contribution in [0.5, 0.6) is 5.75 Å². The summed E-state index contributed by atoms with van der Waals surface area (Å²) in [5, 5.41) is 10.4. The minimum atomic E-state index is -1.09. The van der Waals surface area contributed by atoms with Crippen molar-refractivity contribution in [2.24, 2.45) is 0 Å². The Labute approximate surface area is 146 Å². The van der Waals surface area contributed by atoms with Crippen molar-refractivity contribution in [2.45, 2.75) is 4.90 Å². The van der Waals surface area contributed by atoms with E-state index in [1.54, 1.807) is 24.3 Å². The van der Waals surface area contributed by atoms with Gasteiger partial charge in [0.05, 0.1) is 6.54 Å². The summed E-state index contributed by atoms with van der Waals surface area (Å²) in [7, 11) is 0. The molecule has 0 spiro atoms. The molecule has 0 aliphatic heterocycles. The number of carbonyl (C=O) groups is 2. The molecule has 2 aromatic rings. The van der Waals surface area contributed by atoms with Crippen molar-refractivity contribution >= 4 is 22.9 Å². The van der Waals surface area contributed by atoms with Crippen LogP contribution in [0.3, 0.4) is 0 Å². The molecule has 0 saturated heterocycles. The van der Waals surface area contributed by atoms with E-state index in [9.17, 15) is 18.4 Å². The highest BCUT2D eigenvalue weighted by atomic mass is 32.2. The molecule has 6 nitrogen and oxygen atoms in total. The van der Waals surface area contributed by atoms with Gasteiger partial charge < -0.3 is 10.1 Å². The third-order valence-electron chi connectivity index (χ3n) is 2.96. The normalized spacial score (nSPS) is 10.2. The van der Waals surface area contributed by atoms with Crippen molar-refractivity contribution in [3.63, 3.8) is 0 Å². The van der Waals surface area contributed by atoms with Crippen LogP contribution in [-0.4, -0.2) is 29.5 Å². The van der Waals surface area contributed by atoms with Crippen LogP contribution in [0, 0.1) is 11.6 Å². The molecule has 9 heteroatoms. The minimum Gasteiger partial charge on any atom is -0.492 e. The van der Waals surface area contributed by atoms with Gasteiger partial charge in [0.15, 0.2) is 11.6 Å². The predicted octanol–water partition coefficient (Wildman–Crippen LogP) is 2.96. The molecular formula is C16H14F2N2O4S. The molecule has 0 radical (unpaired) electrons. The van der Waals surface area contributed by atoms with Crippen LogP contribution in [0.4, 0.5) is 13.6 Å². The molecule has 0 fully saturated rings. The zero-order chi connectivity index (χ0) is 18.2. The number of nitrogens with one attached hydrogen (secondary N) is 2. The van der Waals surface area contributed by atoms with E-state index in [0.29, 0.717) is 10.6 Å². The van der Waals surface area contributed by atoms with Crippen molar-refractivity contribution in [1.82, 2.24) is 10.8 Å². The summed E-state index contributed by atoms with van der Waals surface area (Å²) >= 11 is 0.814. The first-order valence-corrected chi connectivity index (χ1v) is 7.89. The van der Waals surface area contributed by atoms with Gasteiger partial charge >= 0.3 is 5.24 Å². The first kappa shape index (κ1) is 18.7. The molecule has 0 unspecified atom stereocenters. The van der Waals surface area contributed by atoms with Crippen molar-refractivity contribution in [1.29, 1.82) is 0 Å². The highest BCUT2D eigenvalue weighted by Gasteiger charge is 2.09. The van der Waals surface area contributed by atoms with E-state index in [1.807, 2.05) is 0 Å². The van der Waals surface area contributed by atoms with Gasteiger partial charge in [0.2, 0.25) is 0 Å². The van der Waals surface area contributed by atoms with Crippen molar-refractivity contribution in [3.05, 3.63) is 59.7 Å². The fourth-order valence-corrected chi connectivity index (χ4v) is 2.34. The minimum absolute atomic E-state index is 0.0161. The Morgan fingerprint density at radius 2 is 1.80 bits per heavy atom. The quantitative estimate of drug-likeness (QED) is 0.316. The lowest BCUT2D eigenvalue weighted by Gasteiger charge is -2.08. The smallest absolute Gasteiger partial charge is 0.307 e. The molecule has 132 valence electrons. The van der Waals surface area contributed by atoms with E-state index in [2.05, 4.69) is 5.32 Å². The van der Waals surface area contributed by atoms with E-state index in [-0.39, 0.29) is 18.7 Å². The summed E-state index contributed by atoms with van der Waals surface area (Å²) in [6.07, 6.45) is 0. The maximum Gasteiger partial charge on any atom is 0.307 e. The molecule has 0 bridgehead atoms. The zero-order valence-electron chi connectivity index (χ0n) is 12.8. The van der Waals surface area contributed by atoms with Gasteiger partial charge in [-0.1, -0.05) is 0 Å². The van der Waals surface area contributed by atoms with Crippen LogP contribution in [0.2, 0.25) is 0 Å². The number of ether oxygens (including phenoxy) is 1. The Hall–Kier alpha value is -2.65. The second-order valence-electron chi connectivity index (χ2n) is 4.71. The van der Waals surface area contributed by atoms with E-state index < -0.39 is 22.8 Å². The summed E-state index contributed by atoms with van der Waals surface area (Å²) in [5.41, 5.74) is 1.53. The summed E-state index contributed by atoms with van der Waals surface area (Å²) < 4.78 is 31.3. The first-order valence-electron chi connectivity index (χ1n) is 7.07. The van der Waals surface area contributed by atoms with E-state index >= 15 is 0 Å². The summed E-state index contributed by atoms with van der Waals surface area (Å²) in [4.78, 5) is 23.4. The lowest BCUT2D eigenvalue weighted by atomic mass is 10.2. The standard InChI is InChI=1S/C16H14F2N2O4S/c17-13-6-1-10(9-14(13)18)15(21)19-7-8-24-11-2-4-12(5-3-11)25-16(22)20-23/h1-6,9,23H,7-8H2,(H,19,21)(H,20,22). The summed E-state index contributed by atoms with van der Waals surface area (Å²) in [5.74, 6) is -2.12. The molecule has 2 aromatic carbocycles. The molecule has 3 N–H and O–H groups in total. The van der Waals surface area contributed by atoms with Crippen LogP contribution < -0.4 is 15.5 Å². The number of carbonyl (C=O) groups excluding carboxylic acids is 2. The molecule has 0 atom stereocenters. The SMILES string of the molecule is O=C(NO)Sc1ccc(OCCNC(=O)c2ccc(F)c(F)c2)cc1. The van der Waals surface area contributed by atoms with Crippen LogP contribution in [0.25, 0.3) is 0 Å². The number of hydroxylamine groups is 1. The average molecular weight is 368 g/mol. The van der Waals surface area contributed by atoms with Gasteiger partial charge in [0, 0.05) is 10.5 Å². The number of thioether (sulfide) groups is 1. The van der Waals surface area contributed by atoms with Crippen LogP contribution in [-0.2, 0) is 0 Å². The van der Waals surface area contributed by atoms with Crippen LogP contribution in [0.15, 0.2) is 47.4 Å². The largest absolute Gasteiger partial charge is 0.492 e. The van der Waals surface area contributed by atoms with Gasteiger partial charge in [-0.05, 0) is 54.2 Å². The molecule has 0 saturated carbocycles. The number of amides is 2. The molecule has 25 heavy (non-hydrogen) atoms. The Morgan fingerprint density at radius 1 is 1.08 bits per heavy atom. The number of benzene rings is 2. The predicted molar refractivity (Wildman–Crippen MR) is 86.8 cm³/mol. The Kier molecular flexibility index (Phi) is 6.72. The maximum absolute atomic E-state index is 13.1. The van der Waals surface area contributed by atoms with E-state index in [4.69, 9.17) is 9.94 Å². The highest BCUT2D eigenvalue weighted by molar-refractivity contribution is 8.13. The molecule has 0 aromatic heterocycles. The number of hydrogen-bond donors (Lipinski definition) is 3. The van der Waals surface area contributed by atoms with Gasteiger partial charge in [-0.3, -0.25) is 14.8 Å². The Bertz CT molecular complexity index is 756. The van der Waals surface area contributed by atoms with Gasteiger partial charge in [0.1, 0.15) is 12.4 Å². The lowest BCUT2D eigenvalue weighted by Crippen LogP contribution is -2.28. The Morgan fingerprint density at radius 3 is 2.44 bits per heavy atom. The zero-order valence-corrected chi connectivity index (χ0v) is 13.6. The lowest BCUT2D eigenvalue weighted by molar-refractivity contribution is 0.0946. The second-order valence-corrected chi connectivity index (χ2v) is 5.75. The fourth-order valence-electron chi connectivity index (χ4n) is 1.81. The highest BCUT2D eigenvalue weighted by Crippen LogP contribution is 2.21. The van der Waals surface area contributed by atoms with Gasteiger partial charge in [-0.25, -0.2) is 14.3 Å². The van der Waals surface area contributed by atoms with Crippen LogP contribution in [0.1, 0.15) is 10.4 Å². The maximum atomic E-state index is 13.1.